The van der Waals surface area contributed by atoms with E-state index in [0.717, 1.165) is 37.0 Å². The molecule has 1 atom stereocenters. The average Bonchev–Trinajstić information content (AvgIpc) is 3.67. The van der Waals surface area contributed by atoms with E-state index >= 15 is 0 Å². The van der Waals surface area contributed by atoms with E-state index in [9.17, 15) is 0 Å². The monoisotopic (exact) mass is 479 g/mol. The van der Waals surface area contributed by atoms with E-state index in [1.165, 1.54) is 65.4 Å². The van der Waals surface area contributed by atoms with Crippen LogP contribution in [0, 0.1) is 6.92 Å². The summed E-state index contributed by atoms with van der Waals surface area (Å²) in [5, 5.41) is 1.18. The van der Waals surface area contributed by atoms with E-state index in [1.54, 1.807) is 0 Å². The molecule has 2 aliphatic heterocycles. The van der Waals surface area contributed by atoms with E-state index in [2.05, 4.69) is 95.1 Å². The fraction of sp³-hybridized carbons (Fsp3) is 0.387. The number of nitrogens with zero attached hydrogens (tertiary/aromatic N) is 4. The minimum absolute atomic E-state index is 0.229. The van der Waals surface area contributed by atoms with Crippen LogP contribution in [0.15, 0.2) is 73.4 Å². The summed E-state index contributed by atoms with van der Waals surface area (Å²) in [7, 11) is 2.26. The van der Waals surface area contributed by atoms with Gasteiger partial charge in [-0.2, -0.15) is 0 Å². The van der Waals surface area contributed by atoms with Gasteiger partial charge in [0.1, 0.15) is 5.65 Å². The lowest BCUT2D eigenvalue weighted by Gasteiger charge is -2.36. The van der Waals surface area contributed by atoms with Crippen molar-refractivity contribution in [3.63, 3.8) is 0 Å². The molecule has 3 aliphatic rings. The Morgan fingerprint density at radius 1 is 1.17 bits per heavy atom. The lowest BCUT2D eigenvalue weighted by atomic mass is 9.98. The maximum absolute atomic E-state index is 4.75. The predicted octanol–water partition coefficient (Wildman–Crippen LogP) is 6.42. The highest BCUT2D eigenvalue weighted by Crippen LogP contribution is 2.36. The number of H-pyrrole nitrogens is 1. The molecule has 1 aromatic carbocycles. The summed E-state index contributed by atoms with van der Waals surface area (Å²) in [6.07, 6.45) is 17.3. The van der Waals surface area contributed by atoms with Gasteiger partial charge in [-0.15, -0.1) is 0 Å². The van der Waals surface area contributed by atoms with Crippen molar-refractivity contribution < 1.29 is 0 Å². The van der Waals surface area contributed by atoms with Crippen LogP contribution in [0.25, 0.3) is 16.6 Å². The topological polar surface area (TPSA) is 38.4 Å². The number of allylic oxidation sites excluding steroid dienone is 3. The Hall–Kier alpha value is -3.31. The fourth-order valence-corrected chi connectivity index (χ4v) is 5.75. The van der Waals surface area contributed by atoms with Gasteiger partial charge in [-0.3, -0.25) is 0 Å². The number of hydrogen-bond acceptors (Lipinski definition) is 4. The van der Waals surface area contributed by atoms with Gasteiger partial charge in [0.05, 0.1) is 17.9 Å². The highest BCUT2D eigenvalue weighted by atomic mass is 15.2. The number of anilines is 1. The molecule has 0 radical (unpaired) electrons. The van der Waals surface area contributed by atoms with E-state index < -0.39 is 0 Å². The van der Waals surface area contributed by atoms with Crippen LogP contribution in [-0.4, -0.2) is 52.5 Å². The third-order valence-corrected chi connectivity index (χ3v) is 8.01. The molecular formula is C31H37N5. The van der Waals surface area contributed by atoms with Gasteiger partial charge in [-0.25, -0.2) is 4.98 Å². The molecule has 2 aromatic heterocycles. The standard InChI is InChI=1S/C31H37N5/c1-22-8-7-9-25(16-22)30(21-34(3)26-10-11-26)36-15-12-24(17-23(36)2)29-20-33-31-28(29)18-27(19-32-31)35-13-5-4-6-14-35/h7-9,12,15-20,26,30H,2,4-6,10-11,13-14,21H2,1,3H3,(H,32,33)/t30-/m1/s1. The molecule has 1 aliphatic carbocycles. The van der Waals surface area contributed by atoms with Crippen LogP contribution < -0.4 is 4.90 Å². The van der Waals surface area contributed by atoms with Gasteiger partial charge in [-0.1, -0.05) is 36.4 Å². The first-order chi connectivity index (χ1) is 17.6. The molecule has 0 amide bonds. The molecule has 2 fully saturated rings. The van der Waals surface area contributed by atoms with Crippen molar-refractivity contribution in [3.8, 4) is 0 Å². The van der Waals surface area contributed by atoms with E-state index in [4.69, 9.17) is 4.98 Å². The summed E-state index contributed by atoms with van der Waals surface area (Å²) in [5.74, 6) is 0. The number of rotatable bonds is 7. The van der Waals surface area contributed by atoms with Crippen LogP contribution in [0.5, 0.6) is 0 Å². The second-order valence-electron chi connectivity index (χ2n) is 10.8. The maximum atomic E-state index is 4.75. The summed E-state index contributed by atoms with van der Waals surface area (Å²) in [6.45, 7) is 9.91. The lowest BCUT2D eigenvalue weighted by Crippen LogP contribution is -2.35. The zero-order valence-electron chi connectivity index (χ0n) is 21.6. The molecule has 6 rings (SSSR count). The van der Waals surface area contributed by atoms with Gasteiger partial charge < -0.3 is 19.7 Å². The summed E-state index contributed by atoms with van der Waals surface area (Å²) in [5.41, 5.74) is 8.20. The molecule has 0 unspecified atom stereocenters. The second kappa shape index (κ2) is 9.62. The molecule has 0 spiro atoms. The first-order valence-corrected chi connectivity index (χ1v) is 13.4. The Bertz CT molecular complexity index is 1320. The van der Waals surface area contributed by atoms with Crippen LogP contribution in [0.2, 0.25) is 0 Å². The number of likely N-dealkylation sites (N-methyl/N-ethyl adjacent to an activating group) is 1. The van der Waals surface area contributed by atoms with Crippen molar-refractivity contribution in [3.05, 3.63) is 90.0 Å². The number of aromatic amines is 1. The van der Waals surface area contributed by atoms with Crippen LogP contribution in [0.4, 0.5) is 5.69 Å². The van der Waals surface area contributed by atoms with Crippen LogP contribution in [0.3, 0.4) is 0 Å². The zero-order chi connectivity index (χ0) is 24.6. The molecule has 4 heterocycles. The number of pyridine rings is 1. The van der Waals surface area contributed by atoms with Crippen molar-refractivity contribution in [2.45, 2.75) is 51.1 Å². The number of fused-ring (bicyclic) bond motifs is 1. The molecule has 5 nitrogen and oxygen atoms in total. The Morgan fingerprint density at radius 2 is 2.00 bits per heavy atom. The molecule has 186 valence electrons. The minimum atomic E-state index is 0.229. The summed E-state index contributed by atoms with van der Waals surface area (Å²) in [6, 6.07) is 12.2. The zero-order valence-corrected chi connectivity index (χ0v) is 21.6. The number of piperidine rings is 1. The smallest absolute Gasteiger partial charge is 0.138 e. The first-order valence-electron chi connectivity index (χ1n) is 13.4. The highest BCUT2D eigenvalue weighted by Gasteiger charge is 2.31. The highest BCUT2D eigenvalue weighted by molar-refractivity contribution is 5.95. The SMILES string of the molecule is C=C1C=C(c2c[nH]c3ncc(N4CCCCC4)cc23)C=CN1[C@H](CN(C)C1CC1)c1cccc(C)c1. The summed E-state index contributed by atoms with van der Waals surface area (Å²) >= 11 is 0. The molecule has 36 heavy (non-hydrogen) atoms. The fourth-order valence-electron chi connectivity index (χ4n) is 5.75. The van der Waals surface area contributed by atoms with Crippen molar-refractivity contribution in [1.29, 1.82) is 0 Å². The van der Waals surface area contributed by atoms with Crippen molar-refractivity contribution >= 4 is 22.3 Å². The summed E-state index contributed by atoms with van der Waals surface area (Å²) < 4.78 is 0. The van der Waals surface area contributed by atoms with Gasteiger partial charge in [0.15, 0.2) is 0 Å². The van der Waals surface area contributed by atoms with Crippen molar-refractivity contribution in [2.24, 2.45) is 0 Å². The third-order valence-electron chi connectivity index (χ3n) is 8.01. The largest absolute Gasteiger partial charge is 0.370 e. The van der Waals surface area contributed by atoms with Crippen LogP contribution in [-0.2, 0) is 0 Å². The average molecular weight is 480 g/mol. The maximum Gasteiger partial charge on any atom is 0.138 e. The number of benzene rings is 1. The van der Waals surface area contributed by atoms with Crippen LogP contribution >= 0.6 is 0 Å². The molecule has 1 saturated carbocycles. The van der Waals surface area contributed by atoms with Gasteiger partial charge >= 0.3 is 0 Å². The Morgan fingerprint density at radius 3 is 2.75 bits per heavy atom. The third kappa shape index (κ3) is 4.60. The quantitative estimate of drug-likeness (QED) is 0.424. The van der Waals surface area contributed by atoms with Gasteiger partial charge in [-0.05, 0) is 75.4 Å². The van der Waals surface area contributed by atoms with Crippen molar-refractivity contribution in [2.75, 3.05) is 31.6 Å². The Labute approximate surface area is 214 Å². The molecule has 3 aromatic rings. The second-order valence-corrected chi connectivity index (χ2v) is 10.8. The molecule has 1 N–H and O–H groups in total. The first kappa shape index (κ1) is 23.1. The molecule has 1 saturated heterocycles. The lowest BCUT2D eigenvalue weighted by molar-refractivity contribution is 0.227. The molecule has 0 bridgehead atoms. The van der Waals surface area contributed by atoms with Crippen LogP contribution in [0.1, 0.15) is 54.8 Å². The molecular weight excluding hydrogens is 442 g/mol. The predicted molar refractivity (Wildman–Crippen MR) is 150 cm³/mol. The summed E-state index contributed by atoms with van der Waals surface area (Å²) in [4.78, 5) is 15.5. The van der Waals surface area contributed by atoms with Gasteiger partial charge in [0.25, 0.3) is 0 Å². The molecule has 5 heteroatoms. The van der Waals surface area contributed by atoms with Gasteiger partial charge in [0, 0.05) is 54.7 Å². The normalized spacial score (nSPS) is 19.3. The number of hydrogen-bond donors (Lipinski definition) is 1. The Kier molecular flexibility index (Phi) is 6.18. The minimum Gasteiger partial charge on any atom is -0.370 e. The van der Waals surface area contributed by atoms with Gasteiger partial charge in [0.2, 0.25) is 0 Å². The number of aryl methyl sites for hydroxylation is 1. The van der Waals surface area contributed by atoms with E-state index in [0.29, 0.717) is 0 Å². The number of aromatic nitrogens is 2. The number of nitrogens with one attached hydrogen (secondary N) is 1. The Balaban J connectivity index is 1.29. The van der Waals surface area contributed by atoms with E-state index in [-0.39, 0.29) is 6.04 Å². The van der Waals surface area contributed by atoms with E-state index in [1.807, 2.05) is 6.20 Å². The van der Waals surface area contributed by atoms with Crippen molar-refractivity contribution in [1.82, 2.24) is 19.8 Å².